The van der Waals surface area contributed by atoms with Gasteiger partial charge < -0.3 is 50.0 Å². The summed E-state index contributed by atoms with van der Waals surface area (Å²) in [6.07, 6.45) is -14.3. The van der Waals surface area contributed by atoms with Crippen LogP contribution in [0.25, 0.3) is 0 Å². The Balaban J connectivity index is 2.10. The molecule has 10 nitrogen and oxygen atoms in total. The van der Waals surface area contributed by atoms with Crippen molar-refractivity contribution in [2.75, 3.05) is 6.61 Å². The van der Waals surface area contributed by atoms with Crippen LogP contribution in [0.15, 0.2) is 0 Å². The van der Waals surface area contributed by atoms with Crippen molar-refractivity contribution in [2.45, 2.75) is 68.3 Å². The van der Waals surface area contributed by atoms with Crippen LogP contribution in [0.2, 0.25) is 0 Å². The fourth-order valence-electron chi connectivity index (χ4n) is 2.51. The Kier molecular flexibility index (Phi) is 5.72. The molecule has 2 heterocycles. The van der Waals surface area contributed by atoms with E-state index in [9.17, 15) is 30.6 Å². The van der Waals surface area contributed by atoms with Gasteiger partial charge in [-0.2, -0.15) is 0 Å². The van der Waals surface area contributed by atoms with Gasteiger partial charge in [0.2, 0.25) is 0 Å². The van der Waals surface area contributed by atoms with Crippen molar-refractivity contribution in [3.63, 3.8) is 0 Å². The van der Waals surface area contributed by atoms with E-state index in [4.69, 9.17) is 19.3 Å². The number of aliphatic hydroxyl groups excluding tert-OH is 7. The van der Waals surface area contributed by atoms with Crippen molar-refractivity contribution in [1.82, 2.24) is 0 Å². The molecular formula is C12H22O10. The lowest BCUT2D eigenvalue weighted by Crippen LogP contribution is -2.63. The third-order valence-electron chi connectivity index (χ3n) is 3.94. The largest absolute Gasteiger partial charge is 0.394 e. The zero-order chi connectivity index (χ0) is 16.6. The van der Waals surface area contributed by atoms with Gasteiger partial charge in [0.05, 0.1) is 12.7 Å². The van der Waals surface area contributed by atoms with Crippen LogP contribution in [0.5, 0.6) is 0 Å². The van der Waals surface area contributed by atoms with E-state index >= 15 is 0 Å². The van der Waals surface area contributed by atoms with Gasteiger partial charge in [-0.05, 0) is 6.92 Å². The maximum atomic E-state index is 9.96. The highest BCUT2D eigenvalue weighted by molar-refractivity contribution is 4.92. The van der Waals surface area contributed by atoms with Crippen LogP contribution in [0.3, 0.4) is 0 Å². The van der Waals surface area contributed by atoms with Gasteiger partial charge in [0.1, 0.15) is 42.7 Å². The van der Waals surface area contributed by atoms with Crippen molar-refractivity contribution in [3.8, 4) is 0 Å². The second-order valence-electron chi connectivity index (χ2n) is 5.51. The lowest BCUT2D eigenvalue weighted by Gasteiger charge is -2.44. The van der Waals surface area contributed by atoms with Crippen LogP contribution in [-0.4, -0.2) is 104 Å². The highest BCUT2D eigenvalue weighted by atomic mass is 16.7. The molecule has 0 aromatic rings. The van der Waals surface area contributed by atoms with E-state index < -0.39 is 68.0 Å². The molecule has 2 rings (SSSR count). The molecule has 130 valence electrons. The van der Waals surface area contributed by atoms with E-state index in [1.54, 1.807) is 0 Å². The molecule has 0 spiro atoms. The molecule has 0 aromatic carbocycles. The van der Waals surface area contributed by atoms with E-state index in [1.165, 1.54) is 6.92 Å². The molecule has 2 aliphatic rings. The molecule has 0 amide bonds. The number of hydrogen-bond donors (Lipinski definition) is 7. The second-order valence-corrected chi connectivity index (χ2v) is 5.51. The van der Waals surface area contributed by atoms with Crippen molar-refractivity contribution in [2.24, 2.45) is 0 Å². The first-order valence-corrected chi connectivity index (χ1v) is 6.93. The van der Waals surface area contributed by atoms with Crippen molar-refractivity contribution in [3.05, 3.63) is 0 Å². The number of ether oxygens (including phenoxy) is 3. The summed E-state index contributed by atoms with van der Waals surface area (Å²) in [6, 6.07) is 0. The molecule has 10 heteroatoms. The van der Waals surface area contributed by atoms with E-state index in [-0.39, 0.29) is 0 Å². The van der Waals surface area contributed by atoms with Gasteiger partial charge in [0.25, 0.3) is 0 Å². The van der Waals surface area contributed by atoms with Gasteiger partial charge in [0.15, 0.2) is 12.6 Å². The molecule has 1 unspecified atom stereocenters. The third-order valence-corrected chi connectivity index (χ3v) is 3.94. The molecule has 0 saturated carbocycles. The van der Waals surface area contributed by atoms with E-state index in [2.05, 4.69) is 0 Å². The predicted molar refractivity (Wildman–Crippen MR) is 67.2 cm³/mol. The Hall–Kier alpha value is -0.400. The summed E-state index contributed by atoms with van der Waals surface area (Å²) in [5.41, 5.74) is 0. The predicted octanol–water partition coefficient (Wildman–Crippen LogP) is -4.37. The van der Waals surface area contributed by atoms with Crippen LogP contribution in [0.1, 0.15) is 6.92 Å². The Morgan fingerprint density at radius 2 is 1.45 bits per heavy atom. The number of rotatable bonds is 3. The summed E-state index contributed by atoms with van der Waals surface area (Å²) in [5.74, 6) is 0. The van der Waals surface area contributed by atoms with Gasteiger partial charge in [-0.3, -0.25) is 0 Å². The first kappa shape index (κ1) is 17.9. The van der Waals surface area contributed by atoms with Gasteiger partial charge >= 0.3 is 0 Å². The molecule has 10 atom stereocenters. The summed E-state index contributed by atoms with van der Waals surface area (Å²) < 4.78 is 15.3. The minimum Gasteiger partial charge on any atom is -0.394 e. The SMILES string of the molecule is C[C@H]1OC(O)[C@@H](O)[C@@H](O[C@H]2O[C@H](CO)[C@@H](O)[C@H](O)[C@H]2O)[C@@H]1O. The van der Waals surface area contributed by atoms with Crippen molar-refractivity contribution in [1.29, 1.82) is 0 Å². The lowest BCUT2D eigenvalue weighted by molar-refractivity contribution is -0.353. The lowest BCUT2D eigenvalue weighted by atomic mass is 9.97. The highest BCUT2D eigenvalue weighted by Crippen LogP contribution is 2.28. The highest BCUT2D eigenvalue weighted by Gasteiger charge is 2.49. The van der Waals surface area contributed by atoms with Gasteiger partial charge in [-0.15, -0.1) is 0 Å². The summed E-state index contributed by atoms with van der Waals surface area (Å²) in [7, 11) is 0. The van der Waals surface area contributed by atoms with Crippen molar-refractivity contribution < 1.29 is 50.0 Å². The van der Waals surface area contributed by atoms with Crippen LogP contribution in [0.4, 0.5) is 0 Å². The maximum Gasteiger partial charge on any atom is 0.187 e. The zero-order valence-electron chi connectivity index (χ0n) is 11.8. The Bertz CT molecular complexity index is 352. The molecule has 0 aliphatic carbocycles. The monoisotopic (exact) mass is 326 g/mol. The molecular weight excluding hydrogens is 304 g/mol. The Morgan fingerprint density at radius 3 is 2.05 bits per heavy atom. The van der Waals surface area contributed by atoms with Crippen LogP contribution in [-0.2, 0) is 14.2 Å². The summed E-state index contributed by atoms with van der Waals surface area (Å²) in [5, 5.41) is 67.6. The fourth-order valence-corrected chi connectivity index (χ4v) is 2.51. The van der Waals surface area contributed by atoms with Gasteiger partial charge in [-0.25, -0.2) is 0 Å². The average molecular weight is 326 g/mol. The second kappa shape index (κ2) is 7.01. The number of aliphatic hydroxyl groups is 7. The topological polar surface area (TPSA) is 169 Å². The minimum atomic E-state index is -1.67. The standard InChI is InChI=1S/C12H22O10/c1-3-5(14)10(9(18)11(19)20-3)22-12-8(17)7(16)6(15)4(2-13)21-12/h3-19H,2H2,1H3/t3-,4-,5-,6-,7+,8-,9+,10+,11?,12-/m1/s1. The average Bonchev–Trinajstić information content (AvgIpc) is 2.49. The molecule has 0 aromatic heterocycles. The minimum absolute atomic E-state index is 0.636. The third kappa shape index (κ3) is 3.26. The first-order valence-electron chi connectivity index (χ1n) is 6.93. The number of hydrogen-bond acceptors (Lipinski definition) is 10. The Labute approximate surface area is 126 Å². The molecule has 22 heavy (non-hydrogen) atoms. The normalized spacial score (nSPS) is 53.5. The van der Waals surface area contributed by atoms with E-state index in [1.807, 2.05) is 0 Å². The Morgan fingerprint density at radius 1 is 0.818 bits per heavy atom. The maximum absolute atomic E-state index is 9.96. The molecule has 2 aliphatic heterocycles. The van der Waals surface area contributed by atoms with Crippen LogP contribution >= 0.6 is 0 Å². The van der Waals surface area contributed by atoms with Crippen LogP contribution in [0, 0.1) is 0 Å². The molecule has 2 saturated heterocycles. The summed E-state index contributed by atoms with van der Waals surface area (Å²) in [6.45, 7) is 0.812. The van der Waals surface area contributed by atoms with E-state index in [0.717, 1.165) is 0 Å². The smallest absolute Gasteiger partial charge is 0.187 e. The fraction of sp³-hybridized carbons (Fsp3) is 1.00. The van der Waals surface area contributed by atoms with Crippen molar-refractivity contribution >= 4 is 0 Å². The summed E-state index contributed by atoms with van der Waals surface area (Å²) >= 11 is 0. The first-order chi connectivity index (χ1) is 10.3. The molecule has 7 N–H and O–H groups in total. The van der Waals surface area contributed by atoms with E-state index in [0.29, 0.717) is 0 Å². The quantitative estimate of drug-likeness (QED) is 0.269. The van der Waals surface area contributed by atoms with Gasteiger partial charge in [0, 0.05) is 0 Å². The zero-order valence-corrected chi connectivity index (χ0v) is 11.8. The molecule has 0 radical (unpaired) electrons. The van der Waals surface area contributed by atoms with Crippen LogP contribution < -0.4 is 0 Å². The summed E-state index contributed by atoms with van der Waals surface area (Å²) in [4.78, 5) is 0. The molecule has 0 bridgehead atoms. The molecule has 2 fully saturated rings. The van der Waals surface area contributed by atoms with Gasteiger partial charge in [-0.1, -0.05) is 0 Å².